The second-order valence-corrected chi connectivity index (χ2v) is 8.44. The molecule has 8 nitrogen and oxygen atoms in total. The van der Waals surface area contributed by atoms with Gasteiger partial charge in [0.05, 0.1) is 0 Å². The number of hydrogen-bond donors (Lipinski definition) is 8. The predicted molar refractivity (Wildman–Crippen MR) is 134 cm³/mol. The number of phenolic OH excluding ortho intramolecular Hbond substituents is 8. The molecule has 0 saturated heterocycles. The van der Waals surface area contributed by atoms with Crippen molar-refractivity contribution in [1.29, 1.82) is 0 Å². The lowest BCUT2D eigenvalue weighted by Gasteiger charge is -2.22. The topological polar surface area (TPSA) is 162 Å². The van der Waals surface area contributed by atoms with Crippen molar-refractivity contribution in [2.75, 3.05) is 0 Å². The lowest BCUT2D eigenvalue weighted by atomic mass is 9.84. The third-order valence-electron chi connectivity index (χ3n) is 5.72. The second-order valence-electron chi connectivity index (χ2n) is 8.44. The van der Waals surface area contributed by atoms with E-state index in [1.165, 1.54) is 60.7 Å². The molecule has 4 aromatic carbocycles. The Morgan fingerprint density at radius 3 is 1.69 bits per heavy atom. The van der Waals surface area contributed by atoms with Crippen LogP contribution in [0.1, 0.15) is 33.7 Å². The Labute approximate surface area is 206 Å². The van der Waals surface area contributed by atoms with E-state index in [1.807, 2.05) is 0 Å². The fraction of sp³-hybridized carbons (Fsp3) is 0.0714. The highest BCUT2D eigenvalue weighted by Crippen LogP contribution is 2.42. The van der Waals surface area contributed by atoms with Crippen LogP contribution in [0.15, 0.2) is 66.7 Å². The van der Waals surface area contributed by atoms with Crippen molar-refractivity contribution < 1.29 is 40.9 Å². The van der Waals surface area contributed by atoms with Crippen LogP contribution in [0, 0.1) is 0 Å². The standard InChI is InChI=1S/C28H24O8/c29-18-3-4-23(27(35)13-18)24(9-16-7-21(32)12-22(33)8-16)25-10-17(26(34)14-28(25)36)2-1-15-5-19(30)11-20(31)6-15/h1-8,10-14,24,29-36H,9H2/t24-/m0/s1. The van der Waals surface area contributed by atoms with Gasteiger partial charge in [0.25, 0.3) is 0 Å². The van der Waals surface area contributed by atoms with Crippen LogP contribution in [0.3, 0.4) is 0 Å². The van der Waals surface area contributed by atoms with Crippen LogP contribution in [0.5, 0.6) is 46.0 Å². The van der Waals surface area contributed by atoms with Gasteiger partial charge in [-0.05, 0) is 53.9 Å². The average Bonchev–Trinajstić information content (AvgIpc) is 2.76. The van der Waals surface area contributed by atoms with Crippen molar-refractivity contribution in [3.05, 3.63) is 94.5 Å². The summed E-state index contributed by atoms with van der Waals surface area (Å²) in [6.45, 7) is 0. The summed E-state index contributed by atoms with van der Waals surface area (Å²) < 4.78 is 0. The maximum atomic E-state index is 10.8. The molecule has 0 aromatic heterocycles. The molecular weight excluding hydrogens is 464 g/mol. The highest BCUT2D eigenvalue weighted by atomic mass is 16.3. The van der Waals surface area contributed by atoms with E-state index in [4.69, 9.17) is 0 Å². The van der Waals surface area contributed by atoms with Crippen LogP contribution in [-0.4, -0.2) is 40.9 Å². The van der Waals surface area contributed by atoms with E-state index >= 15 is 0 Å². The van der Waals surface area contributed by atoms with Crippen molar-refractivity contribution >= 4 is 12.2 Å². The monoisotopic (exact) mass is 488 g/mol. The summed E-state index contributed by atoms with van der Waals surface area (Å²) in [6, 6.07) is 14.8. The summed E-state index contributed by atoms with van der Waals surface area (Å²) in [5.74, 6) is -2.20. The van der Waals surface area contributed by atoms with E-state index in [9.17, 15) is 40.9 Å². The molecule has 184 valence electrons. The van der Waals surface area contributed by atoms with Crippen molar-refractivity contribution in [3.63, 3.8) is 0 Å². The number of benzene rings is 4. The SMILES string of the molecule is Oc1cc(O)cc(C=Cc2cc([C@@H](Cc3cc(O)cc(O)c3)c3ccc(O)cc3O)c(O)cc2O)c1. The van der Waals surface area contributed by atoms with Crippen LogP contribution in [0.25, 0.3) is 12.2 Å². The van der Waals surface area contributed by atoms with Gasteiger partial charge in [0.2, 0.25) is 0 Å². The molecule has 0 amide bonds. The molecule has 0 spiro atoms. The Hall–Kier alpha value is -4.98. The molecule has 0 fully saturated rings. The molecule has 36 heavy (non-hydrogen) atoms. The minimum absolute atomic E-state index is 0.127. The molecule has 1 atom stereocenters. The summed E-state index contributed by atoms with van der Waals surface area (Å²) in [7, 11) is 0. The first-order valence-electron chi connectivity index (χ1n) is 10.9. The van der Waals surface area contributed by atoms with Crippen LogP contribution in [-0.2, 0) is 6.42 Å². The molecule has 8 N–H and O–H groups in total. The highest BCUT2D eigenvalue weighted by molar-refractivity contribution is 5.75. The highest BCUT2D eigenvalue weighted by Gasteiger charge is 2.24. The lowest BCUT2D eigenvalue weighted by molar-refractivity contribution is 0.435. The average molecular weight is 488 g/mol. The first-order chi connectivity index (χ1) is 17.1. The molecule has 8 heteroatoms. The van der Waals surface area contributed by atoms with Crippen molar-refractivity contribution in [3.8, 4) is 46.0 Å². The Kier molecular flexibility index (Phi) is 6.52. The van der Waals surface area contributed by atoms with Crippen molar-refractivity contribution in [2.24, 2.45) is 0 Å². The zero-order valence-corrected chi connectivity index (χ0v) is 18.9. The second kappa shape index (κ2) is 9.71. The molecule has 0 aliphatic heterocycles. The Balaban J connectivity index is 1.82. The summed E-state index contributed by atoms with van der Waals surface area (Å²) >= 11 is 0. The third kappa shape index (κ3) is 5.39. The Bertz CT molecular complexity index is 1420. The first kappa shape index (κ1) is 24.2. The molecular formula is C28H24O8. The zero-order valence-electron chi connectivity index (χ0n) is 18.9. The van der Waals surface area contributed by atoms with E-state index in [-0.39, 0.29) is 52.4 Å². The predicted octanol–water partition coefficient (Wildman–Crippen LogP) is 4.88. The minimum atomic E-state index is -0.718. The smallest absolute Gasteiger partial charge is 0.126 e. The zero-order chi connectivity index (χ0) is 26.0. The van der Waals surface area contributed by atoms with Crippen LogP contribution in [0.4, 0.5) is 0 Å². The summed E-state index contributed by atoms with van der Waals surface area (Å²) in [5, 5.41) is 80.8. The van der Waals surface area contributed by atoms with E-state index in [2.05, 4.69) is 0 Å². The third-order valence-corrected chi connectivity index (χ3v) is 5.72. The van der Waals surface area contributed by atoms with E-state index in [1.54, 1.807) is 6.08 Å². The maximum absolute atomic E-state index is 10.8. The van der Waals surface area contributed by atoms with Gasteiger partial charge in [-0.3, -0.25) is 0 Å². The van der Waals surface area contributed by atoms with Gasteiger partial charge in [0, 0.05) is 46.9 Å². The fourth-order valence-electron chi connectivity index (χ4n) is 4.15. The van der Waals surface area contributed by atoms with E-state index < -0.39 is 5.92 Å². The molecule has 0 bridgehead atoms. The molecule has 4 rings (SSSR count). The molecule has 0 unspecified atom stereocenters. The largest absolute Gasteiger partial charge is 0.508 e. The van der Waals surface area contributed by atoms with Gasteiger partial charge in [-0.25, -0.2) is 0 Å². The number of phenols is 8. The van der Waals surface area contributed by atoms with Gasteiger partial charge in [-0.2, -0.15) is 0 Å². The normalized spacial score (nSPS) is 12.1. The van der Waals surface area contributed by atoms with Crippen LogP contribution < -0.4 is 0 Å². The van der Waals surface area contributed by atoms with Crippen molar-refractivity contribution in [2.45, 2.75) is 12.3 Å². The van der Waals surface area contributed by atoms with Gasteiger partial charge >= 0.3 is 0 Å². The number of aromatic hydroxyl groups is 8. The van der Waals surface area contributed by atoms with Gasteiger partial charge < -0.3 is 40.9 Å². The number of hydrogen-bond acceptors (Lipinski definition) is 8. The van der Waals surface area contributed by atoms with Crippen LogP contribution >= 0.6 is 0 Å². The van der Waals surface area contributed by atoms with Gasteiger partial charge in [0.1, 0.15) is 46.0 Å². The quantitative estimate of drug-likeness (QED) is 0.178. The van der Waals surface area contributed by atoms with Crippen molar-refractivity contribution in [1.82, 2.24) is 0 Å². The lowest BCUT2D eigenvalue weighted by Crippen LogP contribution is -2.06. The van der Waals surface area contributed by atoms with Gasteiger partial charge in [0.15, 0.2) is 0 Å². The molecule has 0 heterocycles. The first-order valence-corrected chi connectivity index (χ1v) is 10.9. The maximum Gasteiger partial charge on any atom is 0.126 e. The molecule has 0 radical (unpaired) electrons. The summed E-state index contributed by atoms with van der Waals surface area (Å²) in [6.07, 6.45) is 3.21. The molecule has 0 aliphatic carbocycles. The van der Waals surface area contributed by atoms with Crippen LogP contribution in [0.2, 0.25) is 0 Å². The van der Waals surface area contributed by atoms with Gasteiger partial charge in [-0.15, -0.1) is 0 Å². The molecule has 4 aromatic rings. The fourth-order valence-corrected chi connectivity index (χ4v) is 4.15. The summed E-state index contributed by atoms with van der Waals surface area (Å²) in [4.78, 5) is 0. The van der Waals surface area contributed by atoms with E-state index in [0.717, 1.165) is 12.1 Å². The Morgan fingerprint density at radius 1 is 0.500 bits per heavy atom. The van der Waals surface area contributed by atoms with Gasteiger partial charge in [-0.1, -0.05) is 18.2 Å². The van der Waals surface area contributed by atoms with E-state index in [0.29, 0.717) is 27.8 Å². The number of rotatable bonds is 6. The minimum Gasteiger partial charge on any atom is -0.508 e. The molecule has 0 aliphatic rings. The Morgan fingerprint density at radius 2 is 1.08 bits per heavy atom. The summed E-state index contributed by atoms with van der Waals surface area (Å²) in [5.41, 5.74) is 1.93. The molecule has 0 saturated carbocycles.